The van der Waals surface area contributed by atoms with Crippen molar-refractivity contribution in [1.29, 1.82) is 0 Å². The van der Waals surface area contributed by atoms with Crippen molar-refractivity contribution in [3.63, 3.8) is 0 Å². The molecule has 9 heteroatoms. The number of thiophene rings is 1. The van der Waals surface area contributed by atoms with Gasteiger partial charge in [0.2, 0.25) is 0 Å². The number of piperazine rings is 1. The fourth-order valence-corrected chi connectivity index (χ4v) is 4.54. The minimum absolute atomic E-state index is 0. The van der Waals surface area contributed by atoms with E-state index in [0.717, 1.165) is 55.5 Å². The summed E-state index contributed by atoms with van der Waals surface area (Å²) in [4.78, 5) is 18.9. The molecule has 1 aliphatic heterocycles. The van der Waals surface area contributed by atoms with Crippen molar-refractivity contribution in [1.82, 2.24) is 20.2 Å². The lowest BCUT2D eigenvalue weighted by atomic mass is 10.1. The van der Waals surface area contributed by atoms with Crippen molar-refractivity contribution in [3.05, 3.63) is 35.2 Å². The molecule has 178 valence electrons. The molecule has 0 radical (unpaired) electrons. The van der Waals surface area contributed by atoms with E-state index in [-0.39, 0.29) is 24.5 Å². The lowest BCUT2D eigenvalue weighted by molar-refractivity contribution is 0.0458. The van der Waals surface area contributed by atoms with Crippen LogP contribution in [0.5, 0.6) is 11.5 Å². The van der Waals surface area contributed by atoms with Crippen molar-refractivity contribution in [3.8, 4) is 21.9 Å². The van der Waals surface area contributed by atoms with Crippen LogP contribution in [0.25, 0.3) is 10.4 Å². The number of likely N-dealkylation sites (N-methyl/N-ethyl adjacent to an activating group) is 1. The highest BCUT2D eigenvalue weighted by Crippen LogP contribution is 2.36. The monoisotopic (exact) mass is 482 g/mol. The van der Waals surface area contributed by atoms with E-state index >= 15 is 0 Å². The average molecular weight is 483 g/mol. The standard InChI is InChI=1S/C23H34N4O3S.ClH/c1-6-26(7-2)17(3)30-19-9-8-18(16-20(19)29-5)21-10-11-22(31-21)23(28)24-27-14-12-25(4)13-15-27;/h8-11,16-17H,6-7,12-15H2,1-5H3,(H,24,28);1H. The molecule has 1 N–H and O–H groups in total. The van der Waals surface area contributed by atoms with Gasteiger partial charge in [-0.15, -0.1) is 23.7 Å². The van der Waals surface area contributed by atoms with Gasteiger partial charge < -0.3 is 14.4 Å². The van der Waals surface area contributed by atoms with Crippen molar-refractivity contribution in [2.24, 2.45) is 0 Å². The smallest absolute Gasteiger partial charge is 0.275 e. The van der Waals surface area contributed by atoms with E-state index in [0.29, 0.717) is 10.6 Å². The Balaban J connectivity index is 0.00000363. The molecular formula is C23H35ClN4O3S. The number of carbonyl (C=O) groups is 1. The molecule has 7 nitrogen and oxygen atoms in total. The van der Waals surface area contributed by atoms with Crippen LogP contribution < -0.4 is 14.9 Å². The van der Waals surface area contributed by atoms with Gasteiger partial charge in [-0.25, -0.2) is 5.01 Å². The quantitative estimate of drug-likeness (QED) is 0.548. The van der Waals surface area contributed by atoms with E-state index in [9.17, 15) is 4.79 Å². The topological polar surface area (TPSA) is 57.3 Å². The largest absolute Gasteiger partial charge is 0.493 e. The number of nitrogens with one attached hydrogen (secondary N) is 1. The lowest BCUT2D eigenvalue weighted by Crippen LogP contribution is -2.52. The van der Waals surface area contributed by atoms with Gasteiger partial charge in [0.15, 0.2) is 11.5 Å². The summed E-state index contributed by atoms with van der Waals surface area (Å²) in [5.74, 6) is 1.35. The number of carbonyl (C=O) groups excluding carboxylic acids is 1. The van der Waals surface area contributed by atoms with Gasteiger partial charge in [0.25, 0.3) is 5.91 Å². The summed E-state index contributed by atoms with van der Waals surface area (Å²) in [6.45, 7) is 11.7. The van der Waals surface area contributed by atoms with Crippen molar-refractivity contribution in [2.75, 3.05) is 53.4 Å². The highest BCUT2D eigenvalue weighted by atomic mass is 35.5. The van der Waals surface area contributed by atoms with Crippen LogP contribution in [-0.2, 0) is 0 Å². The van der Waals surface area contributed by atoms with Crippen LogP contribution in [0, 0.1) is 0 Å². The maximum Gasteiger partial charge on any atom is 0.275 e. The number of methoxy groups -OCH3 is 1. The molecule has 32 heavy (non-hydrogen) atoms. The Bertz CT molecular complexity index is 867. The highest BCUT2D eigenvalue weighted by Gasteiger charge is 2.19. The molecule has 1 aromatic heterocycles. The Kier molecular flexibility index (Phi) is 10.2. The van der Waals surface area contributed by atoms with Gasteiger partial charge in [-0.3, -0.25) is 15.1 Å². The Hall–Kier alpha value is -1.84. The van der Waals surface area contributed by atoms with E-state index in [1.807, 2.05) is 42.3 Å². The minimum atomic E-state index is -0.0548. The molecule has 1 aromatic carbocycles. The summed E-state index contributed by atoms with van der Waals surface area (Å²) in [6.07, 6.45) is -0.0404. The third-order valence-electron chi connectivity index (χ3n) is 5.66. The third kappa shape index (κ3) is 6.59. The summed E-state index contributed by atoms with van der Waals surface area (Å²) in [6, 6.07) is 9.79. The van der Waals surface area contributed by atoms with Crippen LogP contribution in [0.1, 0.15) is 30.4 Å². The first-order valence-electron chi connectivity index (χ1n) is 10.9. The van der Waals surface area contributed by atoms with Crippen LogP contribution in [0.4, 0.5) is 0 Å². The Morgan fingerprint density at radius 3 is 2.44 bits per heavy atom. The van der Waals surface area contributed by atoms with Crippen molar-refractivity contribution < 1.29 is 14.3 Å². The number of rotatable bonds is 9. The third-order valence-corrected chi connectivity index (χ3v) is 6.80. The van der Waals surface area contributed by atoms with Gasteiger partial charge in [0, 0.05) is 31.1 Å². The molecule has 2 aromatic rings. The second kappa shape index (κ2) is 12.4. The molecule has 1 saturated heterocycles. The molecule has 0 spiro atoms. The number of hydrazine groups is 1. The molecule has 1 atom stereocenters. The SMILES string of the molecule is CCN(CC)C(C)Oc1ccc(-c2ccc(C(=O)NN3CCN(C)CC3)s2)cc1OC.Cl. The van der Waals surface area contributed by atoms with Crippen LogP contribution in [0.15, 0.2) is 30.3 Å². The summed E-state index contributed by atoms with van der Waals surface area (Å²) >= 11 is 1.48. The minimum Gasteiger partial charge on any atom is -0.493 e. The predicted molar refractivity (Wildman–Crippen MR) is 133 cm³/mol. The normalized spacial score (nSPS) is 15.8. The summed E-state index contributed by atoms with van der Waals surface area (Å²) < 4.78 is 11.7. The fourth-order valence-electron chi connectivity index (χ4n) is 3.65. The zero-order valence-corrected chi connectivity index (χ0v) is 21.2. The number of benzene rings is 1. The fraction of sp³-hybridized carbons (Fsp3) is 0.522. The maximum absolute atomic E-state index is 12.7. The second-order valence-corrected chi connectivity index (χ2v) is 8.78. The number of hydrogen-bond donors (Lipinski definition) is 1. The molecule has 1 amide bonds. The van der Waals surface area contributed by atoms with Crippen molar-refractivity contribution in [2.45, 2.75) is 27.0 Å². The maximum atomic E-state index is 12.7. The van der Waals surface area contributed by atoms with Crippen LogP contribution in [0.2, 0.25) is 0 Å². The second-order valence-electron chi connectivity index (χ2n) is 7.70. The average Bonchev–Trinajstić information content (AvgIpc) is 3.27. The first-order valence-corrected chi connectivity index (χ1v) is 11.7. The molecule has 3 rings (SSSR count). The van der Waals surface area contributed by atoms with E-state index in [1.54, 1.807) is 7.11 Å². The Labute approximate surface area is 201 Å². The van der Waals surface area contributed by atoms with Gasteiger partial charge >= 0.3 is 0 Å². The number of nitrogens with zero attached hydrogens (tertiary/aromatic N) is 3. The Morgan fingerprint density at radius 2 is 1.81 bits per heavy atom. The molecule has 1 unspecified atom stereocenters. The highest BCUT2D eigenvalue weighted by molar-refractivity contribution is 7.17. The van der Waals surface area contributed by atoms with Gasteiger partial charge in [-0.1, -0.05) is 13.8 Å². The zero-order chi connectivity index (χ0) is 22.4. The van der Waals surface area contributed by atoms with Gasteiger partial charge in [0.05, 0.1) is 12.0 Å². The van der Waals surface area contributed by atoms with Crippen LogP contribution >= 0.6 is 23.7 Å². The zero-order valence-electron chi connectivity index (χ0n) is 19.6. The summed E-state index contributed by atoms with van der Waals surface area (Å²) in [5.41, 5.74) is 4.03. The number of halogens is 1. The number of hydrogen-bond acceptors (Lipinski definition) is 7. The Morgan fingerprint density at radius 1 is 1.12 bits per heavy atom. The van der Waals surface area contributed by atoms with Crippen LogP contribution in [-0.4, -0.2) is 80.4 Å². The first-order chi connectivity index (χ1) is 14.9. The van der Waals surface area contributed by atoms with Gasteiger partial charge in [-0.05, 0) is 63.0 Å². The predicted octanol–water partition coefficient (Wildman–Crippen LogP) is 3.80. The lowest BCUT2D eigenvalue weighted by Gasteiger charge is -2.32. The molecule has 0 aliphatic carbocycles. The summed E-state index contributed by atoms with van der Waals surface area (Å²) in [5, 5.41) is 1.99. The van der Waals surface area contributed by atoms with Crippen molar-refractivity contribution >= 4 is 29.7 Å². The van der Waals surface area contributed by atoms with E-state index < -0.39 is 0 Å². The summed E-state index contributed by atoms with van der Waals surface area (Å²) in [7, 11) is 3.75. The van der Waals surface area contributed by atoms with Gasteiger partial charge in [-0.2, -0.15) is 0 Å². The van der Waals surface area contributed by atoms with E-state index in [4.69, 9.17) is 9.47 Å². The molecule has 1 aliphatic rings. The van der Waals surface area contributed by atoms with Gasteiger partial charge in [0.1, 0.15) is 6.23 Å². The molecule has 2 heterocycles. The molecule has 0 saturated carbocycles. The van der Waals surface area contributed by atoms with Crippen LogP contribution in [0.3, 0.4) is 0 Å². The molecule has 0 bridgehead atoms. The first kappa shape index (κ1) is 26.4. The number of amides is 1. The molecule has 1 fully saturated rings. The van der Waals surface area contributed by atoms with E-state index in [2.05, 4.69) is 36.1 Å². The molecular weight excluding hydrogens is 448 g/mol. The number of ether oxygens (including phenoxy) is 2. The van der Waals surface area contributed by atoms with E-state index in [1.165, 1.54) is 11.3 Å².